The van der Waals surface area contributed by atoms with Crippen LogP contribution in [0, 0.1) is 5.92 Å². The summed E-state index contributed by atoms with van der Waals surface area (Å²) in [6, 6.07) is 0. The van der Waals surface area contributed by atoms with Crippen LogP contribution in [0.5, 0.6) is 0 Å². The second-order valence-corrected chi connectivity index (χ2v) is 9.63. The van der Waals surface area contributed by atoms with Gasteiger partial charge in [-0.25, -0.2) is 14.4 Å². The molecular formula is C21H36BO15P. The Bertz CT molecular complexity index is 718. The summed E-state index contributed by atoms with van der Waals surface area (Å²) in [6.07, 6.45) is -4.75. The summed E-state index contributed by atoms with van der Waals surface area (Å²) in [5, 5.41) is 0. The number of carbonyl (C=O) groups excluding carboxylic acids is 5. The zero-order chi connectivity index (χ0) is 29.1. The minimum absolute atomic E-state index is 0.0556. The zero-order valence-corrected chi connectivity index (χ0v) is 23.5. The molecule has 218 valence electrons. The van der Waals surface area contributed by atoms with Crippen molar-refractivity contribution in [1.82, 2.24) is 0 Å². The molecule has 0 spiro atoms. The highest BCUT2D eigenvalue weighted by Gasteiger charge is 2.28. The molecule has 0 radical (unpaired) electrons. The first-order valence-corrected chi connectivity index (χ1v) is 13.0. The van der Waals surface area contributed by atoms with Crippen LogP contribution >= 0.6 is 8.38 Å². The number of rotatable bonds is 17. The molecule has 0 saturated carbocycles. The van der Waals surface area contributed by atoms with Crippen molar-refractivity contribution in [2.75, 3.05) is 26.5 Å². The highest BCUT2D eigenvalue weighted by atomic mass is 31.2. The summed E-state index contributed by atoms with van der Waals surface area (Å²) in [6.45, 7) is 7.73. The molecule has 1 unspecified atom stereocenters. The molecule has 1 atom stereocenters. The van der Waals surface area contributed by atoms with Crippen molar-refractivity contribution in [3.8, 4) is 0 Å². The Morgan fingerprint density at radius 1 is 0.658 bits per heavy atom. The number of esters is 1. The SMILES string of the molecule is BOC(=O)CCC(CP(OCOC(=O)OC(C)C)OCOC(=O)OC(C)C)C(=O)OCOC(=O)OC(C)C. The van der Waals surface area contributed by atoms with Crippen LogP contribution in [0.25, 0.3) is 0 Å². The van der Waals surface area contributed by atoms with Gasteiger partial charge in [0, 0.05) is 12.6 Å². The molecule has 0 aromatic heterocycles. The van der Waals surface area contributed by atoms with Gasteiger partial charge in [-0.15, -0.1) is 0 Å². The summed E-state index contributed by atoms with van der Waals surface area (Å²) >= 11 is 0. The number of hydrogen-bond donors (Lipinski definition) is 0. The van der Waals surface area contributed by atoms with E-state index in [-0.39, 0.29) is 19.0 Å². The van der Waals surface area contributed by atoms with Gasteiger partial charge in [0.15, 0.2) is 8.38 Å². The van der Waals surface area contributed by atoms with Crippen LogP contribution in [0.4, 0.5) is 14.4 Å². The monoisotopic (exact) mass is 570 g/mol. The lowest BCUT2D eigenvalue weighted by Gasteiger charge is -2.22. The van der Waals surface area contributed by atoms with Crippen LogP contribution in [0.1, 0.15) is 54.4 Å². The van der Waals surface area contributed by atoms with Crippen LogP contribution in [0.2, 0.25) is 0 Å². The summed E-state index contributed by atoms with van der Waals surface area (Å²) in [5.41, 5.74) is 0. The Kier molecular flexibility index (Phi) is 18.7. The summed E-state index contributed by atoms with van der Waals surface area (Å²) in [4.78, 5) is 59.0. The third kappa shape index (κ3) is 19.3. The molecule has 0 aliphatic rings. The van der Waals surface area contributed by atoms with Gasteiger partial charge in [0.1, 0.15) is 0 Å². The molecule has 0 bridgehead atoms. The van der Waals surface area contributed by atoms with Crippen LogP contribution < -0.4 is 0 Å². The maximum Gasteiger partial charge on any atom is 0.511 e. The van der Waals surface area contributed by atoms with E-state index >= 15 is 0 Å². The molecular weight excluding hydrogens is 534 g/mol. The highest BCUT2D eigenvalue weighted by Crippen LogP contribution is 2.41. The van der Waals surface area contributed by atoms with E-state index in [1.807, 2.05) is 0 Å². The van der Waals surface area contributed by atoms with E-state index in [0.29, 0.717) is 0 Å². The van der Waals surface area contributed by atoms with E-state index in [1.54, 1.807) is 41.5 Å². The quantitative estimate of drug-likeness (QED) is 0.0819. The lowest BCUT2D eigenvalue weighted by atomic mass is 10.1. The molecule has 0 aliphatic heterocycles. The molecule has 0 aromatic carbocycles. The Morgan fingerprint density at radius 2 is 1.08 bits per heavy atom. The Morgan fingerprint density at radius 3 is 1.47 bits per heavy atom. The molecule has 0 rings (SSSR count). The van der Waals surface area contributed by atoms with Gasteiger partial charge < -0.3 is 37.8 Å². The maximum atomic E-state index is 12.7. The third-order valence-electron chi connectivity index (χ3n) is 3.75. The molecule has 15 nitrogen and oxygen atoms in total. The Labute approximate surface area is 223 Å². The molecule has 17 heteroatoms. The van der Waals surface area contributed by atoms with Gasteiger partial charge in [-0.2, -0.15) is 0 Å². The van der Waals surface area contributed by atoms with Crippen molar-refractivity contribution in [2.45, 2.75) is 72.7 Å². The molecule has 0 saturated heterocycles. The fourth-order valence-corrected chi connectivity index (χ4v) is 3.52. The predicted molar refractivity (Wildman–Crippen MR) is 130 cm³/mol. The number of hydrogen-bond acceptors (Lipinski definition) is 15. The van der Waals surface area contributed by atoms with Crippen LogP contribution in [-0.4, -0.2) is 83.3 Å². The first-order valence-electron chi connectivity index (χ1n) is 11.6. The zero-order valence-electron chi connectivity index (χ0n) is 22.6. The fraction of sp³-hybridized carbons (Fsp3) is 0.762. The minimum Gasteiger partial charge on any atom is -0.543 e. The van der Waals surface area contributed by atoms with E-state index in [2.05, 4.69) is 9.39 Å². The topological polar surface area (TPSA) is 178 Å². The smallest absolute Gasteiger partial charge is 0.511 e. The van der Waals surface area contributed by atoms with Crippen LogP contribution in [0.3, 0.4) is 0 Å². The highest BCUT2D eigenvalue weighted by molar-refractivity contribution is 7.47. The van der Waals surface area contributed by atoms with Gasteiger partial charge in [0.25, 0.3) is 5.97 Å². The molecule has 0 aliphatic carbocycles. The van der Waals surface area contributed by atoms with E-state index in [4.69, 9.17) is 37.5 Å². The molecule has 0 N–H and O–H groups in total. The van der Waals surface area contributed by atoms with Crippen molar-refractivity contribution in [1.29, 1.82) is 0 Å². The summed E-state index contributed by atoms with van der Waals surface area (Å²) in [5.74, 6) is -2.47. The molecule has 0 aromatic rings. The average molecular weight is 570 g/mol. The van der Waals surface area contributed by atoms with Gasteiger partial charge in [0.2, 0.25) is 20.4 Å². The second kappa shape index (κ2) is 20.2. The number of ether oxygens (including phenoxy) is 7. The minimum atomic E-state index is -2.06. The molecule has 0 heterocycles. The van der Waals surface area contributed by atoms with Gasteiger partial charge in [-0.05, 0) is 48.0 Å². The third-order valence-corrected chi connectivity index (χ3v) is 5.27. The van der Waals surface area contributed by atoms with Gasteiger partial charge in [0.05, 0.1) is 24.2 Å². The predicted octanol–water partition coefficient (Wildman–Crippen LogP) is 2.92. The van der Waals surface area contributed by atoms with E-state index in [1.165, 1.54) is 8.05 Å². The first-order chi connectivity index (χ1) is 17.8. The largest absolute Gasteiger partial charge is 0.543 e. The lowest BCUT2D eigenvalue weighted by Crippen LogP contribution is -2.25. The lowest BCUT2D eigenvalue weighted by molar-refractivity contribution is -0.158. The van der Waals surface area contributed by atoms with Crippen LogP contribution in [-0.2, 0) is 56.4 Å². The maximum absolute atomic E-state index is 12.7. The molecule has 0 fully saturated rings. The van der Waals surface area contributed by atoms with Crippen molar-refractivity contribution >= 4 is 46.8 Å². The Balaban J connectivity index is 5.25. The van der Waals surface area contributed by atoms with Crippen LogP contribution in [0.15, 0.2) is 0 Å². The molecule has 0 amide bonds. The normalized spacial score (nSPS) is 11.6. The second-order valence-electron chi connectivity index (χ2n) is 8.08. The molecule has 38 heavy (non-hydrogen) atoms. The van der Waals surface area contributed by atoms with Gasteiger partial charge in [-0.1, -0.05) is 0 Å². The van der Waals surface area contributed by atoms with Crippen molar-refractivity contribution in [2.24, 2.45) is 5.92 Å². The van der Waals surface area contributed by atoms with E-state index in [0.717, 1.165) is 0 Å². The number of carbonyl (C=O) groups is 5. The van der Waals surface area contributed by atoms with E-state index in [9.17, 15) is 24.0 Å². The van der Waals surface area contributed by atoms with Crippen molar-refractivity contribution < 1.29 is 70.8 Å². The summed E-state index contributed by atoms with van der Waals surface area (Å²) in [7, 11) is -0.875. The van der Waals surface area contributed by atoms with Crippen molar-refractivity contribution in [3.05, 3.63) is 0 Å². The first kappa shape index (κ1) is 35.2. The van der Waals surface area contributed by atoms with Crippen molar-refractivity contribution in [3.63, 3.8) is 0 Å². The van der Waals surface area contributed by atoms with E-state index < -0.39 is 83.4 Å². The summed E-state index contributed by atoms with van der Waals surface area (Å²) < 4.78 is 49.1. The Hall–Kier alpha value is -2.84. The standard InChI is InChI=1S/C21H36BO15P/c1-13(2)34-19(25)29-10-28-18(24)16(7-8-17(23)37-22)9-38(32-11-30-20(26)35-14(3)4)33-12-31-21(27)36-15(5)6/h13-16H,7-12,22H2,1-6H3. The fourth-order valence-electron chi connectivity index (χ4n) is 2.20. The van der Waals surface area contributed by atoms with Gasteiger partial charge in [-0.3, -0.25) is 18.6 Å². The van der Waals surface area contributed by atoms with Gasteiger partial charge >= 0.3 is 32.5 Å². The average Bonchev–Trinajstić information content (AvgIpc) is 2.79.